The summed E-state index contributed by atoms with van der Waals surface area (Å²) in [6.07, 6.45) is 3.20. The summed E-state index contributed by atoms with van der Waals surface area (Å²) in [4.78, 5) is 28.9. The first-order valence-electron chi connectivity index (χ1n) is 19.5. The number of rotatable bonds is 13. The molecule has 0 spiro atoms. The maximum atomic E-state index is 11.8. The Morgan fingerprint density at radius 3 is 1.97 bits per heavy atom. The van der Waals surface area contributed by atoms with Gasteiger partial charge in [-0.2, -0.15) is 0 Å². The molecule has 0 N–H and O–H groups in total. The fraction of sp³-hybridized carbons (Fsp3) is 0.204. The van der Waals surface area contributed by atoms with E-state index >= 15 is 0 Å². The number of likely N-dealkylation sites (N-methyl/N-ethyl adjacent to an activating group) is 1. The molecule has 0 radical (unpaired) electrons. The summed E-state index contributed by atoms with van der Waals surface area (Å²) < 4.78 is 17.7. The molecule has 9 heteroatoms. The van der Waals surface area contributed by atoms with Gasteiger partial charge in [-0.25, -0.2) is 14.6 Å². The van der Waals surface area contributed by atoms with Gasteiger partial charge in [0, 0.05) is 23.6 Å². The molecule has 8 nitrogen and oxygen atoms in total. The molecule has 5 aromatic carbocycles. The summed E-state index contributed by atoms with van der Waals surface area (Å²) in [5, 5.41) is 1.69. The number of nitrogens with zero attached hydrogens (tertiary/aromatic N) is 3. The van der Waals surface area contributed by atoms with Crippen LogP contribution in [0.5, 0.6) is 5.75 Å². The predicted molar refractivity (Wildman–Crippen MR) is 235 cm³/mol. The molecular formula is C49H50ClN3O5. The van der Waals surface area contributed by atoms with Crippen molar-refractivity contribution in [3.63, 3.8) is 0 Å². The number of halogens is 1. The van der Waals surface area contributed by atoms with Gasteiger partial charge in [-0.05, 0) is 73.5 Å². The highest BCUT2D eigenvalue weighted by Gasteiger charge is 2.18. The van der Waals surface area contributed by atoms with E-state index in [-0.39, 0.29) is 17.6 Å². The average molecular weight is 796 g/mol. The minimum atomic E-state index is -0.335. The van der Waals surface area contributed by atoms with Gasteiger partial charge >= 0.3 is 11.6 Å². The summed E-state index contributed by atoms with van der Waals surface area (Å²) in [6.45, 7) is 12.2. The number of carbonyl (C=O) groups excluding carboxylic acids is 1. The van der Waals surface area contributed by atoms with Crippen LogP contribution in [0.4, 0.5) is 0 Å². The molecule has 0 saturated heterocycles. The molecule has 2 heterocycles. The van der Waals surface area contributed by atoms with Crippen LogP contribution < -0.4 is 10.4 Å². The standard InChI is InChI=1S/C26H28ClNO.C14H16N2O2.C9H6O2/c1-3-28(4-2)19-20-29-24-17-15-22(16-18-24)25(21-11-7-5-8-12-21)26(27)23-13-9-6-10-14-23;1-3-18-14(17)13-9-15-10-16(13)11(2)12-7-5-4-6-8-12;10-9-6-5-7-3-1-2-4-8(7)11-9/h5-18H,3-4,19-20H2,1-2H3;4-11H,3H2,1-2H3;1-6H/b26-25+;;. The third-order valence-electron chi connectivity index (χ3n) is 9.40. The molecule has 58 heavy (non-hydrogen) atoms. The zero-order valence-electron chi connectivity index (χ0n) is 33.5. The lowest BCUT2D eigenvalue weighted by Gasteiger charge is -2.18. The van der Waals surface area contributed by atoms with Crippen LogP contribution in [-0.2, 0) is 4.74 Å². The number of fused-ring (bicyclic) bond motifs is 1. The van der Waals surface area contributed by atoms with E-state index in [2.05, 4.69) is 48.0 Å². The topological polar surface area (TPSA) is 86.8 Å². The summed E-state index contributed by atoms with van der Waals surface area (Å²) >= 11 is 6.87. The number of carbonyl (C=O) groups is 1. The maximum Gasteiger partial charge on any atom is 0.356 e. The number of benzene rings is 5. The van der Waals surface area contributed by atoms with Gasteiger partial charge in [-0.15, -0.1) is 0 Å². The van der Waals surface area contributed by atoms with Gasteiger partial charge in [-0.1, -0.05) is 147 Å². The molecule has 2 aromatic heterocycles. The Balaban J connectivity index is 0.000000186. The lowest BCUT2D eigenvalue weighted by atomic mass is 9.95. The van der Waals surface area contributed by atoms with E-state index in [1.165, 1.54) is 12.3 Å². The molecule has 0 bridgehead atoms. The fourth-order valence-electron chi connectivity index (χ4n) is 6.18. The lowest BCUT2D eigenvalue weighted by molar-refractivity contribution is 0.0512. The zero-order chi connectivity index (χ0) is 41.1. The number of hydrogen-bond donors (Lipinski definition) is 0. The molecule has 0 saturated carbocycles. The Morgan fingerprint density at radius 1 is 0.741 bits per heavy atom. The molecule has 0 aliphatic carbocycles. The average Bonchev–Trinajstić information content (AvgIpc) is 3.78. The third kappa shape index (κ3) is 12.1. The van der Waals surface area contributed by atoms with Gasteiger partial charge in [-0.3, -0.25) is 0 Å². The SMILES string of the molecule is CCN(CC)CCOc1ccc(/C(=C(/Cl)c2ccccc2)c2ccccc2)cc1.CCOC(=O)c1cncn1C(C)c1ccccc1.O=c1ccc2ccccc2o1. The summed E-state index contributed by atoms with van der Waals surface area (Å²) in [6, 6.07) is 49.2. The van der Waals surface area contributed by atoms with Crippen LogP contribution in [0.2, 0.25) is 0 Å². The van der Waals surface area contributed by atoms with Gasteiger partial charge in [0.2, 0.25) is 0 Å². The van der Waals surface area contributed by atoms with E-state index in [4.69, 9.17) is 25.5 Å². The molecule has 1 unspecified atom stereocenters. The van der Waals surface area contributed by atoms with Gasteiger partial charge in [0.25, 0.3) is 0 Å². The number of hydrogen-bond acceptors (Lipinski definition) is 7. The fourth-order valence-corrected chi connectivity index (χ4v) is 6.53. The highest BCUT2D eigenvalue weighted by Crippen LogP contribution is 2.35. The zero-order valence-corrected chi connectivity index (χ0v) is 34.2. The van der Waals surface area contributed by atoms with Crippen LogP contribution in [0.25, 0.3) is 21.6 Å². The van der Waals surface area contributed by atoms with Crippen LogP contribution in [0, 0.1) is 0 Å². The minimum absolute atomic E-state index is 0.0492. The second-order valence-corrected chi connectivity index (χ2v) is 13.5. The van der Waals surface area contributed by atoms with Gasteiger partial charge < -0.3 is 23.4 Å². The summed E-state index contributed by atoms with van der Waals surface area (Å²) in [7, 11) is 0. The number of imidazole rings is 1. The predicted octanol–water partition coefficient (Wildman–Crippen LogP) is 11.0. The van der Waals surface area contributed by atoms with Crippen molar-refractivity contribution in [1.82, 2.24) is 14.5 Å². The first-order valence-corrected chi connectivity index (χ1v) is 19.9. The Hall–Kier alpha value is -6.22. The summed E-state index contributed by atoms with van der Waals surface area (Å²) in [5.74, 6) is 0.543. The summed E-state index contributed by atoms with van der Waals surface area (Å²) in [5.41, 5.74) is 6.14. The van der Waals surface area contributed by atoms with Crippen LogP contribution in [0.3, 0.4) is 0 Å². The Labute approximate surface area is 346 Å². The molecule has 0 aliphatic rings. The van der Waals surface area contributed by atoms with Crippen molar-refractivity contribution in [3.8, 4) is 5.75 Å². The largest absolute Gasteiger partial charge is 0.492 e. The van der Waals surface area contributed by atoms with Gasteiger partial charge in [0.15, 0.2) is 0 Å². The molecule has 1 atom stereocenters. The van der Waals surface area contributed by atoms with Crippen molar-refractivity contribution >= 4 is 39.1 Å². The Bertz CT molecular complexity index is 2370. The van der Waals surface area contributed by atoms with Crippen molar-refractivity contribution in [3.05, 3.63) is 203 Å². The number of para-hydroxylation sites is 1. The third-order valence-corrected chi connectivity index (χ3v) is 9.81. The van der Waals surface area contributed by atoms with E-state index in [0.29, 0.717) is 24.5 Å². The van der Waals surface area contributed by atoms with Crippen LogP contribution >= 0.6 is 11.6 Å². The van der Waals surface area contributed by atoms with Crippen molar-refractivity contribution < 1.29 is 18.7 Å². The first kappa shape index (κ1) is 42.9. The lowest BCUT2D eigenvalue weighted by Crippen LogP contribution is -2.27. The van der Waals surface area contributed by atoms with Crippen LogP contribution in [0.1, 0.15) is 66.5 Å². The van der Waals surface area contributed by atoms with Crippen molar-refractivity contribution in [2.45, 2.75) is 33.7 Å². The second kappa shape index (κ2) is 22.5. The quantitative estimate of drug-likeness (QED) is 0.0652. The minimum Gasteiger partial charge on any atom is -0.492 e. The molecule has 0 amide bonds. The normalized spacial score (nSPS) is 11.7. The second-order valence-electron chi connectivity index (χ2n) is 13.1. The first-order chi connectivity index (χ1) is 28.3. The van der Waals surface area contributed by atoms with E-state index in [0.717, 1.165) is 63.6 Å². The van der Waals surface area contributed by atoms with Crippen LogP contribution in [0.15, 0.2) is 173 Å². The number of ether oxygens (including phenoxy) is 2. The van der Waals surface area contributed by atoms with Crippen molar-refractivity contribution in [2.24, 2.45) is 0 Å². The Kier molecular flexibility index (Phi) is 16.6. The monoisotopic (exact) mass is 795 g/mol. The highest BCUT2D eigenvalue weighted by molar-refractivity contribution is 6.53. The maximum absolute atomic E-state index is 11.8. The molecule has 7 rings (SSSR count). The molecule has 0 aliphatic heterocycles. The van der Waals surface area contributed by atoms with E-state index in [9.17, 15) is 9.59 Å². The highest BCUT2D eigenvalue weighted by atomic mass is 35.5. The Morgan fingerprint density at radius 2 is 1.33 bits per heavy atom. The smallest absolute Gasteiger partial charge is 0.356 e. The molecular weight excluding hydrogens is 746 g/mol. The van der Waals surface area contributed by atoms with Crippen LogP contribution in [-0.4, -0.2) is 53.3 Å². The van der Waals surface area contributed by atoms with Gasteiger partial charge in [0.1, 0.15) is 23.6 Å². The molecule has 7 aromatic rings. The van der Waals surface area contributed by atoms with E-state index in [1.54, 1.807) is 25.4 Å². The van der Waals surface area contributed by atoms with Crippen molar-refractivity contribution in [1.29, 1.82) is 0 Å². The van der Waals surface area contributed by atoms with Gasteiger partial charge in [0.05, 0.1) is 30.2 Å². The van der Waals surface area contributed by atoms with E-state index < -0.39 is 0 Å². The van der Waals surface area contributed by atoms with Crippen molar-refractivity contribution in [2.75, 3.05) is 32.8 Å². The molecule has 0 fully saturated rings. The molecule has 298 valence electrons. The number of esters is 1. The van der Waals surface area contributed by atoms with E-state index in [1.807, 2.05) is 121 Å². The number of aromatic nitrogens is 2.